The number of carboxylic acid groups (broad SMARTS) is 1. The van der Waals surface area contributed by atoms with Crippen LogP contribution in [0.15, 0.2) is 0 Å². The molecule has 1 aromatic rings. The van der Waals surface area contributed by atoms with Crippen molar-refractivity contribution in [3.8, 4) is 0 Å². The minimum absolute atomic E-state index is 0.00373. The van der Waals surface area contributed by atoms with Crippen LogP contribution in [0.4, 0.5) is 5.13 Å². The Balaban J connectivity index is 2.11. The molecule has 1 aliphatic rings. The van der Waals surface area contributed by atoms with E-state index in [-0.39, 0.29) is 18.2 Å². The molecule has 0 bridgehead atoms. The Kier molecular flexibility index (Phi) is 6.17. The summed E-state index contributed by atoms with van der Waals surface area (Å²) in [4.78, 5) is 32.8. The molecule has 0 saturated carbocycles. The number of aliphatic carboxylic acids is 1. The Morgan fingerprint density at radius 3 is 2.71 bits per heavy atom. The summed E-state index contributed by atoms with van der Waals surface area (Å²) in [6, 6.07) is 0.309. The maximum Gasteiger partial charge on any atom is 0.303 e. The highest BCUT2D eigenvalue weighted by Gasteiger charge is 2.34. The number of aromatic nitrogens is 1. The Bertz CT molecular complexity index is 602. The van der Waals surface area contributed by atoms with Crippen LogP contribution in [0.1, 0.15) is 34.6 Å². The molecule has 7 nitrogen and oxygen atoms in total. The monoisotopic (exact) mass is 354 g/mol. The Morgan fingerprint density at radius 2 is 2.17 bits per heavy atom. The lowest BCUT2D eigenvalue weighted by molar-refractivity contribution is -0.137. The summed E-state index contributed by atoms with van der Waals surface area (Å²) in [7, 11) is 5.82. The highest BCUT2D eigenvalue weighted by molar-refractivity contribution is 7.17. The number of amides is 1. The first-order valence-electron chi connectivity index (χ1n) is 8.16. The van der Waals surface area contributed by atoms with Gasteiger partial charge in [-0.25, -0.2) is 4.98 Å². The number of thiazole rings is 1. The molecule has 8 heteroatoms. The molecule has 1 aliphatic heterocycles. The van der Waals surface area contributed by atoms with Crippen molar-refractivity contribution in [2.24, 2.45) is 5.92 Å². The van der Waals surface area contributed by atoms with Gasteiger partial charge in [0.15, 0.2) is 5.13 Å². The molecule has 0 spiro atoms. The van der Waals surface area contributed by atoms with E-state index < -0.39 is 5.97 Å². The van der Waals surface area contributed by atoms with E-state index in [2.05, 4.69) is 15.2 Å². The number of piperidine rings is 1. The number of anilines is 1. The van der Waals surface area contributed by atoms with Gasteiger partial charge in [-0.05, 0) is 39.8 Å². The fourth-order valence-corrected chi connectivity index (χ4v) is 4.21. The number of carbonyl (C=O) groups is 2. The number of carboxylic acids is 1. The molecule has 2 rings (SSSR count). The summed E-state index contributed by atoms with van der Waals surface area (Å²) in [5, 5.41) is 12.7. The van der Waals surface area contributed by atoms with Crippen LogP contribution in [0.3, 0.4) is 0 Å². The van der Waals surface area contributed by atoms with Crippen LogP contribution in [0, 0.1) is 12.8 Å². The molecule has 1 amide bonds. The molecular formula is C16H26N4O3S. The van der Waals surface area contributed by atoms with E-state index in [1.807, 2.05) is 25.9 Å². The first-order valence-corrected chi connectivity index (χ1v) is 8.97. The summed E-state index contributed by atoms with van der Waals surface area (Å²) in [5.41, 5.74) is 0.742. The number of hydrogen-bond donors (Lipinski definition) is 2. The average Bonchev–Trinajstić information content (AvgIpc) is 2.92. The van der Waals surface area contributed by atoms with Gasteiger partial charge in [0.05, 0.1) is 5.69 Å². The van der Waals surface area contributed by atoms with E-state index in [0.29, 0.717) is 30.4 Å². The Hall–Kier alpha value is -1.67. The second-order valence-corrected chi connectivity index (χ2v) is 7.45. The highest BCUT2D eigenvalue weighted by Crippen LogP contribution is 2.29. The standard InChI is InChI=1S/C16H26N4O3S/c1-10-14(24-16(17-2)18-10)15(23)20-8-7-12(19(3)4)11(9-20)5-6-13(21)22/h11-12H,5-9H2,1-4H3,(H,17,18)(H,21,22)/t11-,12+/m0/s1. The number of rotatable bonds is 6. The van der Waals surface area contributed by atoms with Crippen LogP contribution in [0.2, 0.25) is 0 Å². The van der Waals surface area contributed by atoms with Crippen molar-refractivity contribution >= 4 is 28.3 Å². The topological polar surface area (TPSA) is 85.8 Å². The zero-order chi connectivity index (χ0) is 17.9. The summed E-state index contributed by atoms with van der Waals surface area (Å²) in [6.45, 7) is 3.14. The third-order valence-electron chi connectivity index (χ3n) is 4.58. The van der Waals surface area contributed by atoms with Gasteiger partial charge in [-0.1, -0.05) is 11.3 Å². The first kappa shape index (κ1) is 18.7. The second-order valence-electron chi connectivity index (χ2n) is 6.45. The maximum atomic E-state index is 12.8. The third kappa shape index (κ3) is 4.24. The number of aryl methyl sites for hydroxylation is 1. The van der Waals surface area contributed by atoms with Gasteiger partial charge in [-0.15, -0.1) is 0 Å². The van der Waals surface area contributed by atoms with Gasteiger partial charge in [0.25, 0.3) is 5.91 Å². The molecule has 0 unspecified atom stereocenters. The van der Waals surface area contributed by atoms with E-state index >= 15 is 0 Å². The Labute approximate surface area is 146 Å². The third-order valence-corrected chi connectivity index (χ3v) is 5.74. The SMILES string of the molecule is CNc1nc(C)c(C(=O)N2CC[C@@H](N(C)C)[C@@H](CCC(=O)O)C2)s1. The molecule has 24 heavy (non-hydrogen) atoms. The second kappa shape index (κ2) is 7.94. The van der Waals surface area contributed by atoms with E-state index in [1.54, 1.807) is 7.05 Å². The zero-order valence-electron chi connectivity index (χ0n) is 14.7. The summed E-state index contributed by atoms with van der Waals surface area (Å²) in [5.74, 6) is -0.609. The van der Waals surface area contributed by atoms with Gasteiger partial charge in [-0.3, -0.25) is 9.59 Å². The van der Waals surface area contributed by atoms with Crippen LogP contribution < -0.4 is 5.32 Å². The van der Waals surface area contributed by atoms with Crippen molar-refractivity contribution in [2.45, 2.75) is 32.2 Å². The fraction of sp³-hybridized carbons (Fsp3) is 0.688. The zero-order valence-corrected chi connectivity index (χ0v) is 15.5. The van der Waals surface area contributed by atoms with Gasteiger partial charge in [-0.2, -0.15) is 0 Å². The van der Waals surface area contributed by atoms with Gasteiger partial charge in [0, 0.05) is 32.6 Å². The first-order chi connectivity index (χ1) is 11.3. The molecule has 2 atom stereocenters. The highest BCUT2D eigenvalue weighted by atomic mass is 32.1. The number of hydrogen-bond acceptors (Lipinski definition) is 6. The minimum Gasteiger partial charge on any atom is -0.481 e. The predicted molar refractivity (Wildman–Crippen MR) is 94.8 cm³/mol. The van der Waals surface area contributed by atoms with Crippen molar-refractivity contribution in [1.82, 2.24) is 14.8 Å². The summed E-state index contributed by atoms with van der Waals surface area (Å²) >= 11 is 1.37. The van der Waals surface area contributed by atoms with E-state index in [1.165, 1.54) is 11.3 Å². The minimum atomic E-state index is -0.784. The predicted octanol–water partition coefficient (Wildman–Crippen LogP) is 1.75. The van der Waals surface area contributed by atoms with Gasteiger partial charge in [0.2, 0.25) is 0 Å². The van der Waals surface area contributed by atoms with Crippen molar-refractivity contribution in [2.75, 3.05) is 39.5 Å². The normalized spacial score (nSPS) is 21.1. The van der Waals surface area contributed by atoms with E-state index in [9.17, 15) is 9.59 Å². The van der Waals surface area contributed by atoms with Crippen LogP contribution in [0.25, 0.3) is 0 Å². The molecule has 134 valence electrons. The molecule has 0 aliphatic carbocycles. The smallest absolute Gasteiger partial charge is 0.303 e. The molecule has 1 fully saturated rings. The van der Waals surface area contributed by atoms with Crippen molar-refractivity contribution < 1.29 is 14.7 Å². The average molecular weight is 354 g/mol. The van der Waals surface area contributed by atoms with Crippen molar-refractivity contribution in [3.05, 3.63) is 10.6 Å². The lowest BCUT2D eigenvalue weighted by Crippen LogP contribution is -2.50. The van der Waals surface area contributed by atoms with E-state index in [0.717, 1.165) is 17.2 Å². The van der Waals surface area contributed by atoms with Crippen LogP contribution in [0.5, 0.6) is 0 Å². The number of carbonyl (C=O) groups excluding carboxylic acids is 1. The molecular weight excluding hydrogens is 328 g/mol. The van der Waals surface area contributed by atoms with Crippen LogP contribution in [-0.4, -0.2) is 72.0 Å². The lowest BCUT2D eigenvalue weighted by Gasteiger charge is -2.41. The van der Waals surface area contributed by atoms with E-state index in [4.69, 9.17) is 5.11 Å². The number of likely N-dealkylation sites (tertiary alicyclic amines) is 1. The largest absolute Gasteiger partial charge is 0.481 e. The molecule has 0 aromatic carbocycles. The van der Waals surface area contributed by atoms with Crippen LogP contribution in [-0.2, 0) is 4.79 Å². The van der Waals surface area contributed by atoms with Crippen LogP contribution >= 0.6 is 11.3 Å². The van der Waals surface area contributed by atoms with Gasteiger partial charge < -0.3 is 20.2 Å². The summed E-state index contributed by atoms with van der Waals surface area (Å²) in [6.07, 6.45) is 1.59. The van der Waals surface area contributed by atoms with Crippen molar-refractivity contribution in [1.29, 1.82) is 0 Å². The number of nitrogens with zero attached hydrogens (tertiary/aromatic N) is 3. The molecule has 2 heterocycles. The fourth-order valence-electron chi connectivity index (χ4n) is 3.32. The van der Waals surface area contributed by atoms with Gasteiger partial charge in [0.1, 0.15) is 4.88 Å². The summed E-state index contributed by atoms with van der Waals surface area (Å²) < 4.78 is 0. The molecule has 1 aromatic heterocycles. The number of nitrogens with one attached hydrogen (secondary N) is 1. The van der Waals surface area contributed by atoms with Gasteiger partial charge >= 0.3 is 5.97 Å². The molecule has 1 saturated heterocycles. The maximum absolute atomic E-state index is 12.8. The quantitative estimate of drug-likeness (QED) is 0.809. The van der Waals surface area contributed by atoms with Crippen molar-refractivity contribution in [3.63, 3.8) is 0 Å². The lowest BCUT2D eigenvalue weighted by atomic mass is 9.87. The molecule has 2 N–H and O–H groups in total. The molecule has 0 radical (unpaired) electrons. The Morgan fingerprint density at radius 1 is 1.46 bits per heavy atom.